The second-order valence-corrected chi connectivity index (χ2v) is 7.67. The lowest BCUT2D eigenvalue weighted by Gasteiger charge is -2.08. The van der Waals surface area contributed by atoms with E-state index in [1.807, 2.05) is 97.2 Å². The third kappa shape index (κ3) is 3.67. The summed E-state index contributed by atoms with van der Waals surface area (Å²) >= 11 is 0. The number of aromatic nitrogens is 3. The summed E-state index contributed by atoms with van der Waals surface area (Å²) in [7, 11) is 0. The van der Waals surface area contributed by atoms with E-state index in [4.69, 9.17) is 9.40 Å². The van der Waals surface area contributed by atoms with E-state index in [1.165, 1.54) is 0 Å². The molecule has 0 bridgehead atoms. The molecule has 6 heteroatoms. The van der Waals surface area contributed by atoms with Crippen LogP contribution in [0, 0.1) is 13.8 Å². The Balaban J connectivity index is 1.47. The maximum atomic E-state index is 13.1. The van der Waals surface area contributed by atoms with Crippen LogP contribution in [0.5, 0.6) is 0 Å². The lowest BCUT2D eigenvalue weighted by Crippen LogP contribution is -2.17. The molecule has 1 N–H and O–H groups in total. The Morgan fingerprint density at radius 2 is 1.59 bits per heavy atom. The van der Waals surface area contributed by atoms with E-state index in [9.17, 15) is 4.79 Å². The minimum absolute atomic E-state index is 0.107. The number of imidazole rings is 1. The van der Waals surface area contributed by atoms with Gasteiger partial charge >= 0.3 is 0 Å². The van der Waals surface area contributed by atoms with Gasteiger partial charge in [0.1, 0.15) is 22.9 Å². The fraction of sp³-hybridized carbons (Fsp3) is 0.115. The van der Waals surface area contributed by atoms with Crippen LogP contribution in [0.15, 0.2) is 83.4 Å². The molecule has 0 saturated carbocycles. The molecule has 0 unspecified atom stereocenters. The van der Waals surface area contributed by atoms with Gasteiger partial charge in [0.15, 0.2) is 0 Å². The maximum Gasteiger partial charge on any atom is 0.231 e. The predicted molar refractivity (Wildman–Crippen MR) is 124 cm³/mol. The number of rotatable bonds is 5. The molecule has 0 spiro atoms. The van der Waals surface area contributed by atoms with E-state index in [0.717, 1.165) is 28.0 Å². The number of pyridine rings is 1. The zero-order chi connectivity index (χ0) is 22.1. The van der Waals surface area contributed by atoms with Gasteiger partial charge in [-0.1, -0.05) is 54.6 Å². The Bertz CT molecular complexity index is 1400. The Labute approximate surface area is 185 Å². The van der Waals surface area contributed by atoms with Crippen LogP contribution in [0.3, 0.4) is 0 Å². The van der Waals surface area contributed by atoms with Crippen LogP contribution >= 0.6 is 0 Å². The Hall–Kier alpha value is -4.19. The van der Waals surface area contributed by atoms with Gasteiger partial charge in [-0.3, -0.25) is 9.20 Å². The van der Waals surface area contributed by atoms with Crippen molar-refractivity contribution in [1.82, 2.24) is 14.4 Å². The predicted octanol–water partition coefficient (Wildman–Crippen LogP) is 5.45. The Morgan fingerprint density at radius 3 is 2.31 bits per heavy atom. The lowest BCUT2D eigenvalue weighted by molar-refractivity contribution is -0.115. The zero-order valence-corrected chi connectivity index (χ0v) is 17.9. The maximum absolute atomic E-state index is 13.1. The molecule has 0 fully saturated rings. The van der Waals surface area contributed by atoms with Crippen molar-refractivity contribution in [3.8, 4) is 22.7 Å². The third-order valence-corrected chi connectivity index (χ3v) is 5.39. The van der Waals surface area contributed by atoms with Crippen molar-refractivity contribution in [3.63, 3.8) is 0 Å². The van der Waals surface area contributed by atoms with Crippen molar-refractivity contribution < 1.29 is 9.21 Å². The molecule has 0 radical (unpaired) electrons. The summed E-state index contributed by atoms with van der Waals surface area (Å²) in [6.45, 7) is 3.83. The first-order chi connectivity index (χ1) is 15.6. The highest BCUT2D eigenvalue weighted by Crippen LogP contribution is 2.30. The molecule has 0 aliphatic rings. The van der Waals surface area contributed by atoms with E-state index in [2.05, 4.69) is 10.3 Å². The summed E-state index contributed by atoms with van der Waals surface area (Å²) in [5.41, 5.74) is 5.01. The zero-order valence-electron chi connectivity index (χ0n) is 17.9. The normalized spacial score (nSPS) is 11.1. The van der Waals surface area contributed by atoms with E-state index >= 15 is 0 Å². The lowest BCUT2D eigenvalue weighted by atomic mass is 10.1. The molecule has 158 valence electrons. The number of amides is 1. The molecule has 5 aromatic rings. The Morgan fingerprint density at radius 1 is 0.906 bits per heavy atom. The first-order valence-corrected chi connectivity index (χ1v) is 10.4. The van der Waals surface area contributed by atoms with Crippen LogP contribution in [-0.2, 0) is 11.2 Å². The van der Waals surface area contributed by atoms with Crippen LogP contribution in [0.25, 0.3) is 28.4 Å². The summed E-state index contributed by atoms with van der Waals surface area (Å²) in [6.07, 6.45) is 2.02. The second kappa shape index (κ2) is 8.15. The van der Waals surface area contributed by atoms with E-state index in [-0.39, 0.29) is 12.3 Å². The van der Waals surface area contributed by atoms with Gasteiger partial charge < -0.3 is 9.73 Å². The van der Waals surface area contributed by atoms with Gasteiger partial charge in [-0.15, -0.1) is 0 Å². The van der Waals surface area contributed by atoms with Gasteiger partial charge in [-0.25, -0.2) is 9.97 Å². The number of carbonyl (C=O) groups is 1. The van der Waals surface area contributed by atoms with E-state index < -0.39 is 0 Å². The molecule has 0 aliphatic carbocycles. The quantitative estimate of drug-likeness (QED) is 0.409. The summed E-state index contributed by atoms with van der Waals surface area (Å²) in [5, 5.41) is 3.06. The number of hydrogen-bond acceptors (Lipinski definition) is 4. The summed E-state index contributed by atoms with van der Waals surface area (Å²) in [5.74, 6) is 1.61. The number of nitrogens with one attached hydrogen (secondary N) is 1. The number of fused-ring (bicyclic) bond motifs is 1. The molecule has 0 aliphatic heterocycles. The number of benzene rings is 2. The van der Waals surface area contributed by atoms with Crippen LogP contribution in [-0.4, -0.2) is 20.3 Å². The summed E-state index contributed by atoms with van der Waals surface area (Å²) in [6, 6.07) is 23.5. The van der Waals surface area contributed by atoms with Gasteiger partial charge in [0.05, 0.1) is 12.1 Å². The number of nitrogens with zero attached hydrogens (tertiary/aromatic N) is 3. The number of oxazole rings is 1. The number of carbonyl (C=O) groups excluding carboxylic acids is 1. The van der Waals surface area contributed by atoms with Crippen LogP contribution in [0.1, 0.15) is 17.0 Å². The van der Waals surface area contributed by atoms with Crippen LogP contribution in [0.2, 0.25) is 0 Å². The van der Waals surface area contributed by atoms with Gasteiger partial charge in [0.2, 0.25) is 11.8 Å². The van der Waals surface area contributed by atoms with Gasteiger partial charge in [-0.05, 0) is 37.6 Å². The van der Waals surface area contributed by atoms with Crippen LogP contribution < -0.4 is 5.32 Å². The van der Waals surface area contributed by atoms with Crippen molar-refractivity contribution in [1.29, 1.82) is 0 Å². The minimum atomic E-state index is -0.179. The molecule has 6 nitrogen and oxygen atoms in total. The van der Waals surface area contributed by atoms with Gasteiger partial charge in [0, 0.05) is 17.3 Å². The number of aryl methyl sites for hydroxylation is 2. The molecule has 1 amide bonds. The van der Waals surface area contributed by atoms with Gasteiger partial charge in [0.25, 0.3) is 0 Å². The summed E-state index contributed by atoms with van der Waals surface area (Å²) in [4.78, 5) is 22.4. The molecule has 32 heavy (non-hydrogen) atoms. The average molecular weight is 422 g/mol. The monoisotopic (exact) mass is 422 g/mol. The van der Waals surface area contributed by atoms with Crippen molar-refractivity contribution in [2.45, 2.75) is 20.3 Å². The molecule has 0 saturated heterocycles. The van der Waals surface area contributed by atoms with E-state index in [1.54, 1.807) is 0 Å². The van der Waals surface area contributed by atoms with Crippen LogP contribution in [0.4, 0.5) is 5.82 Å². The SMILES string of the molecule is Cc1oc(-c2ccccc2)nc1CC(=O)Nc1c(-c2ccccc2)nc2c(C)cccn12. The first-order valence-electron chi connectivity index (χ1n) is 10.4. The van der Waals surface area contributed by atoms with Crippen molar-refractivity contribution in [2.24, 2.45) is 0 Å². The van der Waals surface area contributed by atoms with Crippen molar-refractivity contribution in [3.05, 3.63) is 96.0 Å². The smallest absolute Gasteiger partial charge is 0.231 e. The fourth-order valence-electron chi connectivity index (χ4n) is 3.75. The highest BCUT2D eigenvalue weighted by atomic mass is 16.4. The molecular weight excluding hydrogens is 400 g/mol. The average Bonchev–Trinajstić information content (AvgIpc) is 3.36. The number of hydrogen-bond donors (Lipinski definition) is 1. The highest BCUT2D eigenvalue weighted by Gasteiger charge is 2.20. The van der Waals surface area contributed by atoms with E-state index in [0.29, 0.717) is 23.2 Å². The third-order valence-electron chi connectivity index (χ3n) is 5.39. The highest BCUT2D eigenvalue weighted by molar-refractivity contribution is 5.95. The molecule has 5 rings (SSSR count). The Kier molecular flexibility index (Phi) is 5.03. The first kappa shape index (κ1) is 19.8. The standard InChI is InChI=1S/C26H22N4O2/c1-17-10-9-15-30-24(17)29-23(19-11-5-3-6-12-19)25(30)28-22(31)16-21-18(2)32-26(27-21)20-13-7-4-8-14-20/h3-15H,16H2,1-2H3,(H,28,31). The van der Waals surface area contributed by atoms with Crippen molar-refractivity contribution in [2.75, 3.05) is 5.32 Å². The molecule has 3 heterocycles. The fourth-order valence-corrected chi connectivity index (χ4v) is 3.75. The topological polar surface area (TPSA) is 72.4 Å². The largest absolute Gasteiger partial charge is 0.441 e. The summed E-state index contributed by atoms with van der Waals surface area (Å²) < 4.78 is 7.72. The molecule has 3 aromatic heterocycles. The molecular formula is C26H22N4O2. The molecule has 0 atom stereocenters. The number of anilines is 1. The van der Waals surface area contributed by atoms with Crippen molar-refractivity contribution >= 4 is 17.4 Å². The second-order valence-electron chi connectivity index (χ2n) is 7.67. The van der Waals surface area contributed by atoms with Gasteiger partial charge in [-0.2, -0.15) is 0 Å². The minimum Gasteiger partial charge on any atom is -0.441 e. The molecule has 2 aromatic carbocycles.